The Kier molecular flexibility index (Phi) is 3.47. The average molecular weight is 390 g/mol. The molecule has 0 unspecified atom stereocenters. The number of benzene rings is 4. The summed E-state index contributed by atoms with van der Waals surface area (Å²) in [5.74, 6) is 0. The quantitative estimate of drug-likeness (QED) is 0.306. The highest BCUT2D eigenvalue weighted by Gasteiger charge is 2.19. The SMILES string of the molecule is C=Cc1ccccc1-c1[nH]c2c3sc4ccccc4c3c3ccccc3c2c1C. The van der Waals surface area contributed by atoms with Gasteiger partial charge in [-0.2, -0.15) is 0 Å². The maximum atomic E-state index is 4.02. The first-order valence-corrected chi connectivity index (χ1v) is 10.7. The average Bonchev–Trinajstić information content (AvgIpc) is 3.32. The highest BCUT2D eigenvalue weighted by Crippen LogP contribution is 2.46. The predicted octanol–water partition coefficient (Wildman–Crippen LogP) is 8.31. The van der Waals surface area contributed by atoms with Crippen LogP contribution in [0.2, 0.25) is 0 Å². The molecule has 0 saturated carbocycles. The Bertz CT molecular complexity index is 1580. The van der Waals surface area contributed by atoms with E-state index in [4.69, 9.17) is 0 Å². The third kappa shape index (κ3) is 2.21. The largest absolute Gasteiger partial charge is 0.353 e. The van der Waals surface area contributed by atoms with E-state index in [0.29, 0.717) is 0 Å². The second-order valence-electron chi connectivity index (χ2n) is 7.51. The Morgan fingerprint density at radius 1 is 0.793 bits per heavy atom. The molecule has 29 heavy (non-hydrogen) atoms. The van der Waals surface area contributed by atoms with Crippen LogP contribution in [0.4, 0.5) is 0 Å². The number of hydrogen-bond donors (Lipinski definition) is 1. The fourth-order valence-corrected chi connectivity index (χ4v) is 5.90. The maximum absolute atomic E-state index is 4.02. The molecule has 4 aromatic carbocycles. The van der Waals surface area contributed by atoms with Gasteiger partial charge in [-0.25, -0.2) is 0 Å². The van der Waals surface area contributed by atoms with Gasteiger partial charge in [-0.3, -0.25) is 0 Å². The fraction of sp³-hybridized carbons (Fsp3) is 0.0370. The summed E-state index contributed by atoms with van der Waals surface area (Å²) < 4.78 is 2.67. The minimum absolute atomic E-state index is 1.15. The van der Waals surface area contributed by atoms with Crippen molar-refractivity contribution >= 4 is 59.3 Å². The molecule has 0 saturated heterocycles. The summed E-state index contributed by atoms with van der Waals surface area (Å²) >= 11 is 1.88. The molecule has 2 heterocycles. The van der Waals surface area contributed by atoms with Crippen LogP contribution in [0.1, 0.15) is 11.1 Å². The van der Waals surface area contributed by atoms with E-state index in [-0.39, 0.29) is 0 Å². The second kappa shape index (κ2) is 6.07. The maximum Gasteiger partial charge on any atom is 0.0649 e. The van der Waals surface area contributed by atoms with E-state index in [1.165, 1.54) is 58.7 Å². The van der Waals surface area contributed by atoms with E-state index >= 15 is 0 Å². The van der Waals surface area contributed by atoms with Gasteiger partial charge >= 0.3 is 0 Å². The van der Waals surface area contributed by atoms with Gasteiger partial charge in [-0.1, -0.05) is 79.4 Å². The van der Waals surface area contributed by atoms with Crippen LogP contribution in [0.15, 0.2) is 79.4 Å². The lowest BCUT2D eigenvalue weighted by Gasteiger charge is -2.06. The van der Waals surface area contributed by atoms with Gasteiger partial charge in [0.2, 0.25) is 0 Å². The van der Waals surface area contributed by atoms with Gasteiger partial charge in [-0.15, -0.1) is 11.3 Å². The molecule has 1 nitrogen and oxygen atoms in total. The van der Waals surface area contributed by atoms with Gasteiger partial charge in [0, 0.05) is 26.4 Å². The Morgan fingerprint density at radius 2 is 1.45 bits per heavy atom. The molecule has 2 heteroatoms. The van der Waals surface area contributed by atoms with Crippen LogP contribution in [0.25, 0.3) is 59.2 Å². The van der Waals surface area contributed by atoms with Crippen molar-refractivity contribution in [1.29, 1.82) is 0 Å². The van der Waals surface area contributed by atoms with E-state index in [9.17, 15) is 0 Å². The van der Waals surface area contributed by atoms with Crippen LogP contribution >= 0.6 is 11.3 Å². The first kappa shape index (κ1) is 16.6. The zero-order valence-corrected chi connectivity index (χ0v) is 16.9. The summed E-state index contributed by atoms with van der Waals surface area (Å²) in [6.45, 7) is 6.25. The molecule has 138 valence electrons. The molecule has 6 aromatic rings. The highest BCUT2D eigenvalue weighted by molar-refractivity contribution is 7.26. The first-order chi connectivity index (χ1) is 14.3. The van der Waals surface area contributed by atoms with Gasteiger partial charge in [0.15, 0.2) is 0 Å². The van der Waals surface area contributed by atoms with Crippen molar-refractivity contribution in [3.05, 3.63) is 90.5 Å². The Hall–Kier alpha value is -3.36. The van der Waals surface area contributed by atoms with Crippen LogP contribution in [-0.4, -0.2) is 4.98 Å². The Balaban J connectivity index is 1.87. The number of nitrogens with one attached hydrogen (secondary N) is 1. The normalized spacial score (nSPS) is 11.8. The van der Waals surface area contributed by atoms with Crippen LogP contribution in [0.3, 0.4) is 0 Å². The number of fused-ring (bicyclic) bond motifs is 8. The number of aromatic amines is 1. The fourth-order valence-electron chi connectivity index (χ4n) is 4.68. The number of aryl methyl sites for hydroxylation is 1. The molecule has 6 rings (SSSR count). The molecule has 0 fully saturated rings. The molecule has 0 aliphatic heterocycles. The third-order valence-electron chi connectivity index (χ3n) is 5.99. The van der Waals surface area contributed by atoms with Gasteiger partial charge in [0.1, 0.15) is 0 Å². The first-order valence-electron chi connectivity index (χ1n) is 9.84. The summed E-state index contributed by atoms with van der Waals surface area (Å²) in [7, 11) is 0. The van der Waals surface area contributed by atoms with Crippen LogP contribution in [-0.2, 0) is 0 Å². The molecule has 0 spiro atoms. The summed E-state index contributed by atoms with van der Waals surface area (Å²) in [5.41, 5.74) is 6.08. The second-order valence-corrected chi connectivity index (χ2v) is 8.57. The van der Waals surface area contributed by atoms with Crippen LogP contribution in [0, 0.1) is 6.92 Å². The molecular weight excluding hydrogens is 370 g/mol. The lowest BCUT2D eigenvalue weighted by Crippen LogP contribution is -1.84. The van der Waals surface area contributed by atoms with Crippen LogP contribution in [0.5, 0.6) is 0 Å². The van der Waals surface area contributed by atoms with Gasteiger partial charge < -0.3 is 4.98 Å². The van der Waals surface area contributed by atoms with E-state index < -0.39 is 0 Å². The van der Waals surface area contributed by atoms with Gasteiger partial charge in [0.05, 0.1) is 15.9 Å². The van der Waals surface area contributed by atoms with Gasteiger partial charge in [-0.05, 0) is 34.9 Å². The van der Waals surface area contributed by atoms with E-state index in [1.54, 1.807) is 0 Å². The molecule has 0 amide bonds. The lowest BCUT2D eigenvalue weighted by molar-refractivity contribution is 1.41. The molecule has 0 bridgehead atoms. The molecule has 0 atom stereocenters. The molecule has 0 aliphatic carbocycles. The van der Waals surface area contributed by atoms with E-state index in [1.807, 2.05) is 17.4 Å². The highest BCUT2D eigenvalue weighted by atomic mass is 32.1. The van der Waals surface area contributed by atoms with Crippen molar-refractivity contribution in [3.63, 3.8) is 0 Å². The van der Waals surface area contributed by atoms with Crippen molar-refractivity contribution < 1.29 is 0 Å². The summed E-state index contributed by atoms with van der Waals surface area (Å²) in [6.07, 6.45) is 1.94. The third-order valence-corrected chi connectivity index (χ3v) is 7.18. The van der Waals surface area contributed by atoms with Crippen molar-refractivity contribution in [2.75, 3.05) is 0 Å². The van der Waals surface area contributed by atoms with Crippen LogP contribution < -0.4 is 0 Å². The zero-order valence-electron chi connectivity index (χ0n) is 16.1. The topological polar surface area (TPSA) is 15.8 Å². The summed E-state index contributed by atoms with van der Waals surface area (Å²) in [6, 6.07) is 26.0. The number of H-pyrrole nitrogens is 1. The molecule has 1 N–H and O–H groups in total. The number of aromatic nitrogens is 1. The standard InChI is InChI=1S/C27H19NS/c1-3-17-10-4-5-11-18(17)25-16(2)23-19-12-6-7-13-20(19)24-21-14-8-9-15-22(21)29-27(24)26(23)28-25/h3-15,28H,1H2,2H3. The minimum atomic E-state index is 1.15. The molecular formula is C27H19NS. The molecule has 2 aromatic heterocycles. The Morgan fingerprint density at radius 3 is 2.24 bits per heavy atom. The summed E-state index contributed by atoms with van der Waals surface area (Å²) in [5, 5.41) is 6.67. The lowest BCUT2D eigenvalue weighted by atomic mass is 9.97. The van der Waals surface area contributed by atoms with Crippen molar-refractivity contribution in [1.82, 2.24) is 4.98 Å². The van der Waals surface area contributed by atoms with Gasteiger partial charge in [0.25, 0.3) is 0 Å². The molecule has 0 radical (unpaired) electrons. The smallest absolute Gasteiger partial charge is 0.0649 e. The summed E-state index contributed by atoms with van der Waals surface area (Å²) in [4.78, 5) is 3.81. The molecule has 0 aliphatic rings. The van der Waals surface area contributed by atoms with Crippen molar-refractivity contribution in [2.24, 2.45) is 0 Å². The van der Waals surface area contributed by atoms with Crippen molar-refractivity contribution in [2.45, 2.75) is 6.92 Å². The number of rotatable bonds is 2. The zero-order chi connectivity index (χ0) is 19.5. The van der Waals surface area contributed by atoms with E-state index in [0.717, 1.165) is 5.56 Å². The number of thiophene rings is 1. The minimum Gasteiger partial charge on any atom is -0.353 e. The van der Waals surface area contributed by atoms with Crippen molar-refractivity contribution in [3.8, 4) is 11.3 Å². The monoisotopic (exact) mass is 389 g/mol. The number of hydrogen-bond acceptors (Lipinski definition) is 1. The van der Waals surface area contributed by atoms with E-state index in [2.05, 4.69) is 91.3 Å². The Labute approximate surface area is 172 Å². The predicted molar refractivity (Wildman–Crippen MR) is 129 cm³/mol.